The average Bonchev–Trinajstić information content (AvgIpc) is 3.11. The smallest absolute Gasteiger partial charge is 0.269 e. The summed E-state index contributed by atoms with van der Waals surface area (Å²) in [5.74, 6) is 1.45. The Morgan fingerprint density at radius 2 is 2.20 bits per heavy atom. The summed E-state index contributed by atoms with van der Waals surface area (Å²) >= 11 is 0. The van der Waals surface area contributed by atoms with Crippen molar-refractivity contribution < 1.29 is 9.66 Å². The molecule has 0 spiro atoms. The fourth-order valence-corrected chi connectivity index (χ4v) is 2.73. The molecule has 0 saturated carbocycles. The van der Waals surface area contributed by atoms with Crippen LogP contribution in [0.4, 0.5) is 11.4 Å². The predicted octanol–water partition coefficient (Wildman–Crippen LogP) is 1.94. The van der Waals surface area contributed by atoms with E-state index in [0.717, 1.165) is 44.4 Å². The lowest BCUT2D eigenvalue weighted by Gasteiger charge is -2.24. The molecule has 2 rings (SSSR count). The summed E-state index contributed by atoms with van der Waals surface area (Å²) in [5, 5.41) is 17.2. The maximum atomic E-state index is 10.6. The Labute approximate surface area is 148 Å². The van der Waals surface area contributed by atoms with Crippen LogP contribution < -0.4 is 10.6 Å². The normalized spacial score (nSPS) is 17.4. The van der Waals surface area contributed by atoms with Gasteiger partial charge in [-0.3, -0.25) is 15.1 Å². The number of anilines is 1. The SMILES string of the molecule is CCNC(=NCCNc1ccc([N+](=O)[O-])cc1)N(C)CC1CCOC1. The highest BCUT2D eigenvalue weighted by molar-refractivity contribution is 5.79. The highest BCUT2D eigenvalue weighted by Gasteiger charge is 2.18. The molecular weight excluding hydrogens is 322 g/mol. The van der Waals surface area contributed by atoms with Gasteiger partial charge in [0.05, 0.1) is 18.1 Å². The molecule has 1 unspecified atom stereocenters. The number of nitro groups is 1. The quantitative estimate of drug-likeness (QED) is 0.245. The molecule has 0 amide bonds. The monoisotopic (exact) mass is 349 g/mol. The lowest BCUT2D eigenvalue weighted by atomic mass is 10.1. The molecule has 8 nitrogen and oxygen atoms in total. The zero-order chi connectivity index (χ0) is 18.1. The van der Waals surface area contributed by atoms with Crippen LogP contribution >= 0.6 is 0 Å². The predicted molar refractivity (Wildman–Crippen MR) is 99.1 cm³/mol. The lowest BCUT2D eigenvalue weighted by Crippen LogP contribution is -2.41. The molecule has 1 aromatic rings. The van der Waals surface area contributed by atoms with Crippen LogP contribution in [0.1, 0.15) is 13.3 Å². The Bertz CT molecular complexity index is 570. The van der Waals surface area contributed by atoms with Gasteiger partial charge in [-0.2, -0.15) is 0 Å². The van der Waals surface area contributed by atoms with Gasteiger partial charge in [0.2, 0.25) is 0 Å². The zero-order valence-corrected chi connectivity index (χ0v) is 14.9. The van der Waals surface area contributed by atoms with E-state index in [1.54, 1.807) is 12.1 Å². The van der Waals surface area contributed by atoms with Gasteiger partial charge in [-0.1, -0.05) is 0 Å². The van der Waals surface area contributed by atoms with Crippen molar-refractivity contribution in [3.63, 3.8) is 0 Å². The van der Waals surface area contributed by atoms with E-state index in [0.29, 0.717) is 19.0 Å². The highest BCUT2D eigenvalue weighted by atomic mass is 16.6. The van der Waals surface area contributed by atoms with E-state index in [-0.39, 0.29) is 5.69 Å². The number of benzene rings is 1. The number of aliphatic imine (C=N–C) groups is 1. The van der Waals surface area contributed by atoms with E-state index in [1.807, 2.05) is 7.05 Å². The molecule has 1 aliphatic rings. The van der Waals surface area contributed by atoms with Crippen molar-refractivity contribution in [1.29, 1.82) is 0 Å². The number of hydrogen-bond acceptors (Lipinski definition) is 5. The van der Waals surface area contributed by atoms with E-state index < -0.39 is 4.92 Å². The Hall–Kier alpha value is -2.35. The summed E-state index contributed by atoms with van der Waals surface area (Å²) in [7, 11) is 2.05. The first-order valence-electron chi connectivity index (χ1n) is 8.65. The maximum absolute atomic E-state index is 10.6. The fourth-order valence-electron chi connectivity index (χ4n) is 2.73. The topological polar surface area (TPSA) is 92.0 Å². The lowest BCUT2D eigenvalue weighted by molar-refractivity contribution is -0.384. The molecule has 0 aromatic heterocycles. The van der Waals surface area contributed by atoms with Gasteiger partial charge in [-0.25, -0.2) is 0 Å². The van der Waals surface area contributed by atoms with E-state index in [1.165, 1.54) is 12.1 Å². The Kier molecular flexibility index (Phi) is 7.46. The molecule has 2 N–H and O–H groups in total. The van der Waals surface area contributed by atoms with Gasteiger partial charge in [-0.05, 0) is 25.5 Å². The van der Waals surface area contributed by atoms with Gasteiger partial charge in [0, 0.05) is 57.0 Å². The number of guanidine groups is 1. The van der Waals surface area contributed by atoms with Crippen LogP contribution in [0, 0.1) is 16.0 Å². The number of non-ortho nitro benzene ring substituents is 1. The second kappa shape index (κ2) is 9.83. The van der Waals surface area contributed by atoms with Crippen molar-refractivity contribution in [3.05, 3.63) is 34.4 Å². The maximum Gasteiger partial charge on any atom is 0.269 e. The molecule has 138 valence electrons. The second-order valence-corrected chi connectivity index (χ2v) is 6.08. The summed E-state index contributed by atoms with van der Waals surface area (Å²) in [5.41, 5.74) is 0.942. The molecule has 1 saturated heterocycles. The van der Waals surface area contributed by atoms with Gasteiger partial charge < -0.3 is 20.3 Å². The van der Waals surface area contributed by atoms with Gasteiger partial charge in [0.15, 0.2) is 5.96 Å². The van der Waals surface area contributed by atoms with Gasteiger partial charge in [0.25, 0.3) is 5.69 Å². The van der Waals surface area contributed by atoms with Crippen LogP contribution in [0.2, 0.25) is 0 Å². The molecule has 0 aliphatic carbocycles. The highest BCUT2D eigenvalue weighted by Crippen LogP contribution is 2.15. The van der Waals surface area contributed by atoms with E-state index >= 15 is 0 Å². The summed E-state index contributed by atoms with van der Waals surface area (Å²) in [6.45, 7) is 6.76. The Morgan fingerprint density at radius 3 is 2.80 bits per heavy atom. The molecule has 25 heavy (non-hydrogen) atoms. The largest absolute Gasteiger partial charge is 0.383 e. The molecule has 1 atom stereocenters. The van der Waals surface area contributed by atoms with Crippen LogP contribution in [0.3, 0.4) is 0 Å². The van der Waals surface area contributed by atoms with Crippen LogP contribution in [0.15, 0.2) is 29.3 Å². The number of ether oxygens (including phenoxy) is 1. The van der Waals surface area contributed by atoms with Crippen molar-refractivity contribution in [2.45, 2.75) is 13.3 Å². The third kappa shape index (κ3) is 6.22. The van der Waals surface area contributed by atoms with Crippen LogP contribution in [0.25, 0.3) is 0 Å². The summed E-state index contributed by atoms with van der Waals surface area (Å²) < 4.78 is 5.43. The Morgan fingerprint density at radius 1 is 1.44 bits per heavy atom. The van der Waals surface area contributed by atoms with Crippen LogP contribution in [-0.4, -0.2) is 62.2 Å². The van der Waals surface area contributed by atoms with Crippen molar-refractivity contribution in [3.8, 4) is 0 Å². The van der Waals surface area contributed by atoms with Crippen LogP contribution in [0.5, 0.6) is 0 Å². The molecule has 1 heterocycles. The van der Waals surface area contributed by atoms with Crippen molar-refractivity contribution >= 4 is 17.3 Å². The van der Waals surface area contributed by atoms with E-state index in [9.17, 15) is 10.1 Å². The molecule has 0 bridgehead atoms. The standard InChI is InChI=1S/C17H27N5O3/c1-3-18-17(21(2)12-14-8-11-25-13-14)20-10-9-19-15-4-6-16(7-5-15)22(23)24/h4-7,14,19H,3,8-13H2,1-2H3,(H,18,20). The van der Waals surface area contributed by atoms with E-state index in [2.05, 4.69) is 27.4 Å². The van der Waals surface area contributed by atoms with Crippen LogP contribution in [-0.2, 0) is 4.74 Å². The molecule has 1 aromatic carbocycles. The number of nitro benzene ring substituents is 1. The third-order valence-electron chi connectivity index (χ3n) is 4.03. The molecule has 0 radical (unpaired) electrons. The number of nitrogens with zero attached hydrogens (tertiary/aromatic N) is 3. The molecule has 1 fully saturated rings. The number of hydrogen-bond donors (Lipinski definition) is 2. The number of rotatable bonds is 8. The first-order chi connectivity index (χ1) is 12.1. The summed E-state index contributed by atoms with van der Waals surface area (Å²) in [6, 6.07) is 6.40. The van der Waals surface area contributed by atoms with Crippen molar-refractivity contribution in [2.75, 3.05) is 51.8 Å². The van der Waals surface area contributed by atoms with Crippen molar-refractivity contribution in [1.82, 2.24) is 10.2 Å². The fraction of sp³-hybridized carbons (Fsp3) is 0.588. The van der Waals surface area contributed by atoms with Gasteiger partial charge >= 0.3 is 0 Å². The summed E-state index contributed by atoms with van der Waals surface area (Å²) in [6.07, 6.45) is 1.10. The molecule has 1 aliphatic heterocycles. The first kappa shape index (κ1) is 19.0. The molecular formula is C17H27N5O3. The minimum Gasteiger partial charge on any atom is -0.383 e. The molecule has 8 heteroatoms. The van der Waals surface area contributed by atoms with E-state index in [4.69, 9.17) is 4.74 Å². The summed E-state index contributed by atoms with van der Waals surface area (Å²) in [4.78, 5) is 17.0. The minimum absolute atomic E-state index is 0.0931. The first-order valence-corrected chi connectivity index (χ1v) is 8.65. The third-order valence-corrected chi connectivity index (χ3v) is 4.03. The van der Waals surface area contributed by atoms with Gasteiger partial charge in [0.1, 0.15) is 0 Å². The second-order valence-electron chi connectivity index (χ2n) is 6.08. The Balaban J connectivity index is 1.80. The van der Waals surface area contributed by atoms with Gasteiger partial charge in [-0.15, -0.1) is 0 Å². The van der Waals surface area contributed by atoms with Crippen molar-refractivity contribution in [2.24, 2.45) is 10.9 Å². The average molecular weight is 349 g/mol. The number of nitrogens with one attached hydrogen (secondary N) is 2. The zero-order valence-electron chi connectivity index (χ0n) is 14.9. The minimum atomic E-state index is -0.401.